The van der Waals surface area contributed by atoms with Crippen molar-refractivity contribution >= 4 is 23.1 Å². The van der Waals surface area contributed by atoms with Gasteiger partial charge >= 0.3 is 0 Å². The number of hydrogen-bond acceptors (Lipinski definition) is 5. The minimum atomic E-state index is -0.326. The van der Waals surface area contributed by atoms with Gasteiger partial charge in [-0.15, -0.1) is 5.10 Å². The normalized spacial score (nSPS) is 10.4. The molecule has 0 fully saturated rings. The molecule has 3 aromatic rings. The van der Waals surface area contributed by atoms with E-state index in [1.54, 1.807) is 12.1 Å². The summed E-state index contributed by atoms with van der Waals surface area (Å²) >= 11 is 0. The monoisotopic (exact) mass is 309 g/mol. The van der Waals surface area contributed by atoms with Gasteiger partial charge in [-0.1, -0.05) is 12.1 Å². The standard InChI is InChI=1S/C17H16FN5/c1-11-6-12(2)8-15(7-11)20-16-10-19-23-17(22-16)21-14-5-3-4-13(18)9-14/h3-10H,1-2H3,(H2,20,21,22,23). The highest BCUT2D eigenvalue weighted by molar-refractivity contribution is 5.60. The Morgan fingerprint density at radius 1 is 0.913 bits per heavy atom. The van der Waals surface area contributed by atoms with Gasteiger partial charge in [0.2, 0.25) is 5.95 Å². The van der Waals surface area contributed by atoms with E-state index in [0.29, 0.717) is 17.5 Å². The Morgan fingerprint density at radius 2 is 1.70 bits per heavy atom. The number of aromatic nitrogens is 3. The van der Waals surface area contributed by atoms with E-state index < -0.39 is 0 Å². The van der Waals surface area contributed by atoms with Gasteiger partial charge in [-0.05, 0) is 55.3 Å². The molecule has 0 amide bonds. The van der Waals surface area contributed by atoms with E-state index in [1.807, 2.05) is 26.0 Å². The van der Waals surface area contributed by atoms with Gasteiger partial charge in [-0.2, -0.15) is 10.1 Å². The van der Waals surface area contributed by atoms with Gasteiger partial charge < -0.3 is 10.6 Å². The predicted molar refractivity (Wildman–Crippen MR) is 88.7 cm³/mol. The Hall–Kier alpha value is -3.02. The summed E-state index contributed by atoms with van der Waals surface area (Å²) in [5, 5.41) is 13.9. The van der Waals surface area contributed by atoms with Crippen molar-refractivity contribution in [2.75, 3.05) is 10.6 Å². The number of benzene rings is 2. The Morgan fingerprint density at radius 3 is 2.43 bits per heavy atom. The Labute approximate surface area is 133 Å². The second kappa shape index (κ2) is 6.39. The highest BCUT2D eigenvalue weighted by Gasteiger charge is 2.03. The van der Waals surface area contributed by atoms with Crippen molar-refractivity contribution in [3.05, 3.63) is 65.6 Å². The van der Waals surface area contributed by atoms with Crippen molar-refractivity contribution in [3.63, 3.8) is 0 Å². The number of anilines is 4. The van der Waals surface area contributed by atoms with Crippen molar-refractivity contribution in [1.29, 1.82) is 0 Å². The van der Waals surface area contributed by atoms with Crippen molar-refractivity contribution in [2.24, 2.45) is 0 Å². The summed E-state index contributed by atoms with van der Waals surface area (Å²) in [6.07, 6.45) is 1.54. The molecule has 0 unspecified atom stereocenters. The molecule has 0 aliphatic heterocycles. The Kier molecular flexibility index (Phi) is 4.14. The number of halogens is 1. The smallest absolute Gasteiger partial charge is 0.249 e. The van der Waals surface area contributed by atoms with E-state index in [9.17, 15) is 4.39 Å². The van der Waals surface area contributed by atoms with Gasteiger partial charge in [0.25, 0.3) is 0 Å². The number of rotatable bonds is 4. The minimum Gasteiger partial charge on any atom is -0.339 e. The lowest BCUT2D eigenvalue weighted by molar-refractivity contribution is 0.628. The van der Waals surface area contributed by atoms with Gasteiger partial charge in [0.05, 0.1) is 6.20 Å². The SMILES string of the molecule is Cc1cc(C)cc(Nc2cnnc(Nc3cccc(F)c3)n2)c1. The maximum atomic E-state index is 13.2. The summed E-state index contributed by atoms with van der Waals surface area (Å²) in [6.45, 7) is 4.07. The molecule has 116 valence electrons. The van der Waals surface area contributed by atoms with E-state index >= 15 is 0 Å². The van der Waals surface area contributed by atoms with Crippen LogP contribution in [0.5, 0.6) is 0 Å². The van der Waals surface area contributed by atoms with E-state index in [0.717, 1.165) is 16.8 Å². The third kappa shape index (κ3) is 4.00. The highest BCUT2D eigenvalue weighted by atomic mass is 19.1. The molecule has 0 spiro atoms. The zero-order valence-electron chi connectivity index (χ0n) is 12.8. The van der Waals surface area contributed by atoms with Gasteiger partial charge in [-0.25, -0.2) is 4.39 Å². The fourth-order valence-corrected chi connectivity index (χ4v) is 2.31. The molecular formula is C17H16FN5. The van der Waals surface area contributed by atoms with Crippen LogP contribution in [0.15, 0.2) is 48.7 Å². The van der Waals surface area contributed by atoms with Gasteiger partial charge in [0.15, 0.2) is 5.82 Å². The van der Waals surface area contributed by atoms with Crippen LogP contribution in [0.4, 0.5) is 27.5 Å². The first-order valence-corrected chi connectivity index (χ1v) is 7.16. The van der Waals surface area contributed by atoms with Crippen molar-refractivity contribution < 1.29 is 4.39 Å². The molecule has 3 rings (SSSR count). The van der Waals surface area contributed by atoms with Gasteiger partial charge in [0.1, 0.15) is 5.82 Å². The van der Waals surface area contributed by atoms with Gasteiger partial charge in [-0.3, -0.25) is 0 Å². The number of hydrogen-bond donors (Lipinski definition) is 2. The molecule has 2 N–H and O–H groups in total. The van der Waals surface area contributed by atoms with Crippen LogP contribution in [0, 0.1) is 19.7 Å². The third-order valence-electron chi connectivity index (χ3n) is 3.13. The van der Waals surface area contributed by atoms with Crippen LogP contribution < -0.4 is 10.6 Å². The first-order chi connectivity index (χ1) is 11.1. The van der Waals surface area contributed by atoms with Crippen LogP contribution in [0.25, 0.3) is 0 Å². The fraction of sp³-hybridized carbons (Fsp3) is 0.118. The number of nitrogens with zero attached hydrogens (tertiary/aromatic N) is 3. The molecule has 0 aliphatic carbocycles. The summed E-state index contributed by atoms with van der Waals surface area (Å²) in [4.78, 5) is 4.33. The Bertz CT molecular complexity index is 814. The molecule has 0 radical (unpaired) electrons. The van der Waals surface area contributed by atoms with E-state index in [-0.39, 0.29) is 5.82 Å². The van der Waals surface area contributed by atoms with Crippen molar-refractivity contribution in [1.82, 2.24) is 15.2 Å². The summed E-state index contributed by atoms with van der Waals surface area (Å²) in [5.74, 6) is 0.529. The summed E-state index contributed by atoms with van der Waals surface area (Å²) in [7, 11) is 0. The largest absolute Gasteiger partial charge is 0.339 e. The van der Waals surface area contributed by atoms with Crippen LogP contribution in [-0.2, 0) is 0 Å². The van der Waals surface area contributed by atoms with Crippen molar-refractivity contribution in [2.45, 2.75) is 13.8 Å². The zero-order valence-corrected chi connectivity index (χ0v) is 12.8. The fourth-order valence-electron chi connectivity index (χ4n) is 2.31. The molecule has 1 aromatic heterocycles. The second-order valence-electron chi connectivity index (χ2n) is 5.30. The highest BCUT2D eigenvalue weighted by Crippen LogP contribution is 2.19. The molecular weight excluding hydrogens is 293 g/mol. The van der Waals surface area contributed by atoms with Crippen molar-refractivity contribution in [3.8, 4) is 0 Å². The summed E-state index contributed by atoms with van der Waals surface area (Å²) < 4.78 is 13.2. The first kappa shape index (κ1) is 14.9. The lowest BCUT2D eigenvalue weighted by atomic mass is 10.1. The van der Waals surface area contributed by atoms with Gasteiger partial charge in [0, 0.05) is 11.4 Å². The predicted octanol–water partition coefficient (Wildman–Crippen LogP) is 4.11. The molecule has 5 nitrogen and oxygen atoms in total. The molecule has 0 saturated heterocycles. The van der Waals surface area contributed by atoms with Crippen LogP contribution in [0.1, 0.15) is 11.1 Å². The minimum absolute atomic E-state index is 0.296. The van der Waals surface area contributed by atoms with Crippen LogP contribution in [0.3, 0.4) is 0 Å². The first-order valence-electron chi connectivity index (χ1n) is 7.16. The second-order valence-corrected chi connectivity index (χ2v) is 5.30. The summed E-state index contributed by atoms with van der Waals surface area (Å²) in [5.41, 5.74) is 3.82. The maximum Gasteiger partial charge on any atom is 0.249 e. The maximum absolute atomic E-state index is 13.2. The molecule has 0 saturated carbocycles. The van der Waals surface area contributed by atoms with Crippen LogP contribution in [-0.4, -0.2) is 15.2 Å². The lowest BCUT2D eigenvalue weighted by Gasteiger charge is -2.09. The molecule has 23 heavy (non-hydrogen) atoms. The van der Waals surface area contributed by atoms with E-state index in [4.69, 9.17) is 0 Å². The number of nitrogens with one attached hydrogen (secondary N) is 2. The van der Waals surface area contributed by atoms with E-state index in [2.05, 4.69) is 31.9 Å². The van der Waals surface area contributed by atoms with Crippen LogP contribution in [0.2, 0.25) is 0 Å². The third-order valence-corrected chi connectivity index (χ3v) is 3.13. The molecule has 0 atom stereocenters. The van der Waals surface area contributed by atoms with Crippen LogP contribution >= 0.6 is 0 Å². The lowest BCUT2D eigenvalue weighted by Crippen LogP contribution is -2.02. The zero-order chi connectivity index (χ0) is 16.2. The Balaban J connectivity index is 1.79. The molecule has 0 aliphatic rings. The average Bonchev–Trinajstić information content (AvgIpc) is 2.46. The topological polar surface area (TPSA) is 62.7 Å². The average molecular weight is 309 g/mol. The molecule has 0 bridgehead atoms. The molecule has 2 aromatic carbocycles. The molecule has 1 heterocycles. The quantitative estimate of drug-likeness (QED) is 0.759. The number of aryl methyl sites for hydroxylation is 2. The van der Waals surface area contributed by atoms with E-state index in [1.165, 1.54) is 18.3 Å². The summed E-state index contributed by atoms with van der Waals surface area (Å²) in [6, 6.07) is 12.2. The molecule has 6 heteroatoms.